The highest BCUT2D eigenvalue weighted by molar-refractivity contribution is 7.99. The maximum Gasteiger partial charge on any atom is 0.277 e. The predicted octanol–water partition coefficient (Wildman–Crippen LogP) is 5.23. The Morgan fingerprint density at radius 2 is 2.06 bits per heavy atom. The van der Waals surface area contributed by atoms with Gasteiger partial charge in [-0.25, -0.2) is 5.01 Å². The van der Waals surface area contributed by atoms with Crippen LogP contribution < -0.4 is 0 Å². The average molecular weight is 488 g/mol. The van der Waals surface area contributed by atoms with Crippen molar-refractivity contribution < 1.29 is 18.0 Å². The van der Waals surface area contributed by atoms with Crippen LogP contribution in [0.4, 0.5) is 0 Å². The minimum Gasteiger partial charge on any atom is -0.467 e. The Hall–Kier alpha value is -3.92. The Labute approximate surface area is 204 Å². The fourth-order valence-corrected chi connectivity index (χ4v) is 5.17. The van der Waals surface area contributed by atoms with Crippen LogP contribution in [0.5, 0.6) is 0 Å². The van der Waals surface area contributed by atoms with Gasteiger partial charge in [-0.15, -0.1) is 10.2 Å². The molecule has 9 nitrogen and oxygen atoms in total. The van der Waals surface area contributed by atoms with Crippen molar-refractivity contribution in [2.24, 2.45) is 11.0 Å². The third-order valence-corrected chi connectivity index (χ3v) is 6.89. The molecule has 5 heterocycles. The number of hydrogen-bond donors (Lipinski definition) is 0. The zero-order chi connectivity index (χ0) is 23.6. The largest absolute Gasteiger partial charge is 0.467 e. The van der Waals surface area contributed by atoms with Crippen LogP contribution in [-0.4, -0.2) is 37.6 Å². The quantitative estimate of drug-likeness (QED) is 0.340. The molecule has 1 aliphatic carbocycles. The monoisotopic (exact) mass is 487 g/mol. The second-order valence-corrected chi connectivity index (χ2v) is 9.20. The number of thioether (sulfide) groups is 1. The first-order valence-electron chi connectivity index (χ1n) is 11.3. The molecule has 1 saturated carbocycles. The summed E-state index contributed by atoms with van der Waals surface area (Å²) in [6.45, 7) is 0. The van der Waals surface area contributed by atoms with E-state index in [4.69, 9.17) is 18.4 Å². The summed E-state index contributed by atoms with van der Waals surface area (Å²) in [7, 11) is 0. The second-order valence-electron chi connectivity index (χ2n) is 8.27. The van der Waals surface area contributed by atoms with E-state index >= 15 is 0 Å². The van der Waals surface area contributed by atoms with E-state index in [0.29, 0.717) is 11.1 Å². The van der Waals surface area contributed by atoms with Crippen molar-refractivity contribution in [3.63, 3.8) is 0 Å². The van der Waals surface area contributed by atoms with E-state index in [1.54, 1.807) is 36.0 Å². The third kappa shape index (κ3) is 4.32. The molecule has 0 spiro atoms. The SMILES string of the molecule is O=C(CSc1nnc(-c2cccnc2)o1)N1N=C2C(=Cc3ccco3)CCCC2C1c1ccco1. The molecule has 176 valence electrons. The molecule has 0 saturated heterocycles. The zero-order valence-electron chi connectivity index (χ0n) is 18.6. The molecular weight excluding hydrogens is 466 g/mol. The average Bonchev–Trinajstić information content (AvgIpc) is 3.69. The van der Waals surface area contributed by atoms with Crippen LogP contribution in [0.1, 0.15) is 36.8 Å². The number of pyridine rings is 1. The van der Waals surface area contributed by atoms with Crippen molar-refractivity contribution in [2.75, 3.05) is 5.75 Å². The van der Waals surface area contributed by atoms with Gasteiger partial charge in [-0.1, -0.05) is 11.8 Å². The topological polar surface area (TPSA) is 111 Å². The van der Waals surface area contributed by atoms with Crippen molar-refractivity contribution in [1.29, 1.82) is 0 Å². The van der Waals surface area contributed by atoms with E-state index in [0.717, 1.165) is 47.6 Å². The summed E-state index contributed by atoms with van der Waals surface area (Å²) in [4.78, 5) is 17.5. The highest BCUT2D eigenvalue weighted by Crippen LogP contribution is 2.44. The minimum absolute atomic E-state index is 0.0608. The van der Waals surface area contributed by atoms with Crippen molar-refractivity contribution in [2.45, 2.75) is 30.5 Å². The molecule has 4 aromatic rings. The number of hydrazone groups is 1. The second kappa shape index (κ2) is 9.38. The molecule has 1 amide bonds. The van der Waals surface area contributed by atoms with Crippen LogP contribution in [0.3, 0.4) is 0 Å². The van der Waals surface area contributed by atoms with Crippen LogP contribution in [0, 0.1) is 5.92 Å². The van der Waals surface area contributed by atoms with E-state index < -0.39 is 0 Å². The van der Waals surface area contributed by atoms with Gasteiger partial charge < -0.3 is 13.3 Å². The normalized spacial score (nSPS) is 20.7. The molecular formula is C25H21N5O4S. The van der Waals surface area contributed by atoms with Crippen LogP contribution in [0.2, 0.25) is 0 Å². The first-order valence-corrected chi connectivity index (χ1v) is 12.3. The molecule has 0 bridgehead atoms. The number of rotatable bonds is 6. The summed E-state index contributed by atoms with van der Waals surface area (Å²) in [5, 5.41) is 14.8. The molecule has 0 radical (unpaired) electrons. The van der Waals surface area contributed by atoms with Gasteiger partial charge in [0, 0.05) is 18.3 Å². The van der Waals surface area contributed by atoms with Gasteiger partial charge in [0.15, 0.2) is 0 Å². The van der Waals surface area contributed by atoms with E-state index in [1.807, 2.05) is 36.4 Å². The van der Waals surface area contributed by atoms with Crippen molar-refractivity contribution in [1.82, 2.24) is 20.2 Å². The number of carbonyl (C=O) groups excluding carboxylic acids is 1. The lowest BCUT2D eigenvalue weighted by atomic mass is 9.79. The predicted molar refractivity (Wildman–Crippen MR) is 128 cm³/mol. The van der Waals surface area contributed by atoms with Gasteiger partial charge in [-0.05, 0) is 67.3 Å². The lowest BCUT2D eigenvalue weighted by molar-refractivity contribution is -0.131. The highest BCUT2D eigenvalue weighted by Gasteiger charge is 2.45. The summed E-state index contributed by atoms with van der Waals surface area (Å²) in [6.07, 6.45) is 11.4. The van der Waals surface area contributed by atoms with Gasteiger partial charge in [0.2, 0.25) is 5.89 Å². The fourth-order valence-electron chi connectivity index (χ4n) is 4.55. The molecule has 6 rings (SSSR count). The lowest BCUT2D eigenvalue weighted by Gasteiger charge is -2.27. The molecule has 1 fully saturated rings. The Morgan fingerprint density at radius 1 is 1.14 bits per heavy atom. The van der Waals surface area contributed by atoms with E-state index in [9.17, 15) is 4.79 Å². The number of fused-ring (bicyclic) bond motifs is 1. The number of amides is 1. The van der Waals surface area contributed by atoms with E-state index in [-0.39, 0.29) is 23.6 Å². The Kier molecular flexibility index (Phi) is 5.79. The molecule has 0 aromatic carbocycles. The summed E-state index contributed by atoms with van der Waals surface area (Å²) in [5.41, 5.74) is 2.74. The smallest absolute Gasteiger partial charge is 0.277 e. The maximum absolute atomic E-state index is 13.4. The summed E-state index contributed by atoms with van der Waals surface area (Å²) >= 11 is 1.19. The number of furan rings is 2. The van der Waals surface area contributed by atoms with Gasteiger partial charge in [0.25, 0.3) is 11.1 Å². The van der Waals surface area contributed by atoms with E-state index in [2.05, 4.69) is 15.2 Å². The maximum atomic E-state index is 13.4. The van der Waals surface area contributed by atoms with Crippen LogP contribution >= 0.6 is 11.8 Å². The standard InChI is InChI=1S/C25H21N5O4S/c31-21(15-35-25-28-27-24(34-25)17-6-2-10-26-14-17)30-23(20-9-4-12-33-20)19-8-1-5-16(22(19)29-30)13-18-7-3-11-32-18/h2-4,6-7,9-14,19,23H,1,5,8,15H2. The van der Waals surface area contributed by atoms with Crippen molar-refractivity contribution >= 4 is 29.5 Å². The third-order valence-electron chi connectivity index (χ3n) is 6.09. The number of allylic oxidation sites excluding steroid dienone is 1. The molecule has 0 N–H and O–H groups in total. The van der Waals surface area contributed by atoms with Gasteiger partial charge in [-0.2, -0.15) is 5.10 Å². The molecule has 2 atom stereocenters. The summed E-state index contributed by atoms with van der Waals surface area (Å²) < 4.78 is 17.0. The Morgan fingerprint density at radius 3 is 2.86 bits per heavy atom. The van der Waals surface area contributed by atoms with Crippen LogP contribution in [0.15, 0.2) is 90.5 Å². The number of aromatic nitrogens is 3. The van der Waals surface area contributed by atoms with Gasteiger partial charge >= 0.3 is 0 Å². The highest BCUT2D eigenvalue weighted by atomic mass is 32.2. The fraction of sp³-hybridized carbons (Fsp3) is 0.240. The van der Waals surface area contributed by atoms with Crippen LogP contribution in [-0.2, 0) is 4.79 Å². The number of carbonyl (C=O) groups is 1. The summed E-state index contributed by atoms with van der Waals surface area (Å²) in [5.74, 6) is 1.87. The number of hydrogen-bond acceptors (Lipinski definition) is 9. The Balaban J connectivity index is 1.24. The van der Waals surface area contributed by atoms with E-state index in [1.165, 1.54) is 11.8 Å². The van der Waals surface area contributed by atoms with Crippen molar-refractivity contribution in [3.8, 4) is 11.5 Å². The lowest BCUT2D eigenvalue weighted by Crippen LogP contribution is -2.32. The first kappa shape index (κ1) is 21.6. The summed E-state index contributed by atoms with van der Waals surface area (Å²) in [6, 6.07) is 10.9. The first-order chi connectivity index (χ1) is 17.3. The molecule has 4 aromatic heterocycles. The van der Waals surface area contributed by atoms with Crippen LogP contribution in [0.25, 0.3) is 17.5 Å². The molecule has 1 aliphatic heterocycles. The minimum atomic E-state index is -0.290. The van der Waals surface area contributed by atoms with Gasteiger partial charge in [0.1, 0.15) is 17.6 Å². The molecule has 10 heteroatoms. The number of nitrogens with zero attached hydrogens (tertiary/aromatic N) is 5. The Bertz CT molecular complexity index is 1360. The van der Waals surface area contributed by atoms with Gasteiger partial charge in [-0.3, -0.25) is 9.78 Å². The van der Waals surface area contributed by atoms with Crippen molar-refractivity contribution in [3.05, 3.63) is 78.4 Å². The zero-order valence-corrected chi connectivity index (χ0v) is 19.4. The molecule has 35 heavy (non-hydrogen) atoms. The molecule has 2 aliphatic rings. The molecule has 2 unspecified atom stereocenters. The van der Waals surface area contributed by atoms with Gasteiger partial charge in [0.05, 0.1) is 29.6 Å².